The van der Waals surface area contributed by atoms with E-state index in [2.05, 4.69) is 0 Å². The molecule has 3 nitrogen and oxygen atoms in total. The van der Waals surface area contributed by atoms with Gasteiger partial charge in [0.25, 0.3) is 0 Å². The highest BCUT2D eigenvalue weighted by Gasteiger charge is 2.12. The van der Waals surface area contributed by atoms with E-state index in [0.29, 0.717) is 30.9 Å². The highest BCUT2D eigenvalue weighted by atomic mass is 16.5. The van der Waals surface area contributed by atoms with Gasteiger partial charge in [-0.2, -0.15) is 0 Å². The van der Waals surface area contributed by atoms with E-state index in [-0.39, 0.29) is 5.78 Å². The van der Waals surface area contributed by atoms with Gasteiger partial charge in [0.15, 0.2) is 5.78 Å². The van der Waals surface area contributed by atoms with Crippen LogP contribution < -0.4 is 4.74 Å². The van der Waals surface area contributed by atoms with Crippen LogP contribution in [0.4, 0.5) is 0 Å². The Balaban J connectivity index is 2.85. The molecule has 0 N–H and O–H groups in total. The number of ether oxygens (including phenoxy) is 2. The number of hydrogen-bond acceptors (Lipinski definition) is 3. The minimum atomic E-state index is 0.0710. The largest absolute Gasteiger partial charge is 0.493 e. The van der Waals surface area contributed by atoms with Crippen molar-refractivity contribution in [2.24, 2.45) is 0 Å². The summed E-state index contributed by atoms with van der Waals surface area (Å²) in [5.41, 5.74) is 1.73. The molecule has 0 spiro atoms. The molecule has 0 fully saturated rings. The quantitative estimate of drug-likeness (QED) is 0.683. The summed E-state index contributed by atoms with van der Waals surface area (Å²) >= 11 is 0. The first kappa shape index (κ1) is 13.7. The van der Waals surface area contributed by atoms with Gasteiger partial charge in [0, 0.05) is 13.5 Å². The molecule has 0 aromatic heterocycles. The molecule has 0 aliphatic heterocycles. The summed E-state index contributed by atoms with van der Waals surface area (Å²) in [6.45, 7) is 5.09. The van der Waals surface area contributed by atoms with Gasteiger partial charge >= 0.3 is 0 Å². The molecule has 17 heavy (non-hydrogen) atoms. The van der Waals surface area contributed by atoms with Crippen LogP contribution in [0.5, 0.6) is 5.75 Å². The van der Waals surface area contributed by atoms with Crippen molar-refractivity contribution < 1.29 is 14.3 Å². The molecule has 0 aliphatic carbocycles. The van der Waals surface area contributed by atoms with Crippen molar-refractivity contribution in [2.75, 3.05) is 20.3 Å². The molecule has 1 aromatic carbocycles. The van der Waals surface area contributed by atoms with Gasteiger partial charge in [0.05, 0.1) is 18.8 Å². The van der Waals surface area contributed by atoms with Crippen LogP contribution >= 0.6 is 0 Å². The van der Waals surface area contributed by atoms with Crippen LogP contribution in [-0.4, -0.2) is 26.1 Å². The first-order valence-corrected chi connectivity index (χ1v) is 5.94. The zero-order valence-electron chi connectivity index (χ0n) is 10.8. The van der Waals surface area contributed by atoms with E-state index < -0.39 is 0 Å². The number of carbonyl (C=O) groups is 1. The van der Waals surface area contributed by atoms with Crippen LogP contribution in [-0.2, 0) is 4.74 Å². The standard InChI is InChI=1S/C14H20O3/c1-4-8-17-14-6-5-11(2)10-12(14)13(15)7-9-16-3/h5-6,10H,4,7-9H2,1-3H3. The highest BCUT2D eigenvalue weighted by molar-refractivity contribution is 5.98. The zero-order chi connectivity index (χ0) is 12.7. The molecule has 0 radical (unpaired) electrons. The molecule has 0 aliphatic rings. The molecule has 1 aromatic rings. The first-order valence-electron chi connectivity index (χ1n) is 5.94. The molecule has 0 saturated heterocycles. The van der Waals surface area contributed by atoms with Crippen molar-refractivity contribution in [1.29, 1.82) is 0 Å². The summed E-state index contributed by atoms with van der Waals surface area (Å²) in [6, 6.07) is 5.70. The second-order valence-electron chi connectivity index (χ2n) is 4.01. The predicted molar refractivity (Wildman–Crippen MR) is 67.8 cm³/mol. The number of benzene rings is 1. The number of rotatable bonds is 7. The normalized spacial score (nSPS) is 10.3. The molecular formula is C14H20O3. The van der Waals surface area contributed by atoms with E-state index in [1.807, 2.05) is 32.0 Å². The third-order valence-electron chi connectivity index (χ3n) is 2.43. The summed E-state index contributed by atoms with van der Waals surface area (Å²) in [5.74, 6) is 0.750. The van der Waals surface area contributed by atoms with E-state index in [1.54, 1.807) is 7.11 Å². The van der Waals surface area contributed by atoms with Gasteiger partial charge in [-0.05, 0) is 25.5 Å². The van der Waals surface area contributed by atoms with Crippen molar-refractivity contribution in [3.8, 4) is 5.75 Å². The van der Waals surface area contributed by atoms with Crippen LogP contribution in [0.1, 0.15) is 35.7 Å². The minimum Gasteiger partial charge on any atom is -0.493 e. The van der Waals surface area contributed by atoms with Crippen LogP contribution in [0.15, 0.2) is 18.2 Å². The summed E-state index contributed by atoms with van der Waals surface area (Å²) < 4.78 is 10.5. The van der Waals surface area contributed by atoms with E-state index >= 15 is 0 Å². The molecule has 3 heteroatoms. The van der Waals surface area contributed by atoms with Gasteiger partial charge in [-0.25, -0.2) is 0 Å². The highest BCUT2D eigenvalue weighted by Crippen LogP contribution is 2.21. The Morgan fingerprint density at radius 3 is 2.71 bits per heavy atom. The maximum atomic E-state index is 12.0. The number of Topliss-reactive ketones (excluding diaryl/α,β-unsaturated/α-hetero) is 1. The number of aryl methyl sites for hydroxylation is 1. The number of ketones is 1. The van der Waals surface area contributed by atoms with E-state index in [4.69, 9.17) is 9.47 Å². The molecule has 0 heterocycles. The third kappa shape index (κ3) is 4.19. The summed E-state index contributed by atoms with van der Waals surface area (Å²) in [7, 11) is 1.60. The zero-order valence-corrected chi connectivity index (χ0v) is 10.8. The van der Waals surface area contributed by atoms with Crippen LogP contribution in [0.25, 0.3) is 0 Å². The lowest BCUT2D eigenvalue weighted by Gasteiger charge is -2.10. The lowest BCUT2D eigenvalue weighted by Crippen LogP contribution is -2.07. The number of hydrogen-bond donors (Lipinski definition) is 0. The lowest BCUT2D eigenvalue weighted by atomic mass is 10.0. The maximum absolute atomic E-state index is 12.0. The number of methoxy groups -OCH3 is 1. The predicted octanol–water partition coefficient (Wildman–Crippen LogP) is 3.00. The van der Waals surface area contributed by atoms with E-state index in [1.165, 1.54) is 0 Å². The fraction of sp³-hybridized carbons (Fsp3) is 0.500. The fourth-order valence-electron chi connectivity index (χ4n) is 1.53. The van der Waals surface area contributed by atoms with Gasteiger partial charge in [0.2, 0.25) is 0 Å². The van der Waals surface area contributed by atoms with Gasteiger partial charge in [-0.3, -0.25) is 4.79 Å². The van der Waals surface area contributed by atoms with Gasteiger partial charge in [-0.15, -0.1) is 0 Å². The Morgan fingerprint density at radius 1 is 1.29 bits per heavy atom. The second kappa shape index (κ2) is 7.07. The Morgan fingerprint density at radius 2 is 2.06 bits per heavy atom. The van der Waals surface area contributed by atoms with Crippen molar-refractivity contribution in [1.82, 2.24) is 0 Å². The maximum Gasteiger partial charge on any atom is 0.168 e. The van der Waals surface area contributed by atoms with Gasteiger partial charge in [0.1, 0.15) is 5.75 Å². The Bertz CT molecular complexity index is 372. The summed E-state index contributed by atoms with van der Waals surface area (Å²) in [4.78, 5) is 12.0. The van der Waals surface area contributed by atoms with E-state index in [9.17, 15) is 4.79 Å². The first-order chi connectivity index (χ1) is 8.19. The Labute approximate surface area is 103 Å². The van der Waals surface area contributed by atoms with Crippen LogP contribution in [0.2, 0.25) is 0 Å². The van der Waals surface area contributed by atoms with Crippen molar-refractivity contribution in [3.63, 3.8) is 0 Å². The van der Waals surface area contributed by atoms with Crippen molar-refractivity contribution in [2.45, 2.75) is 26.7 Å². The molecule has 94 valence electrons. The molecule has 0 atom stereocenters. The molecule has 1 rings (SSSR count). The SMILES string of the molecule is CCCOc1ccc(C)cc1C(=O)CCOC. The Hall–Kier alpha value is -1.35. The van der Waals surface area contributed by atoms with Crippen molar-refractivity contribution >= 4 is 5.78 Å². The van der Waals surface area contributed by atoms with Gasteiger partial charge in [-0.1, -0.05) is 18.6 Å². The Kier molecular flexibility index (Phi) is 5.70. The average molecular weight is 236 g/mol. The summed E-state index contributed by atoms with van der Waals surface area (Å²) in [5, 5.41) is 0. The topological polar surface area (TPSA) is 35.5 Å². The minimum absolute atomic E-state index is 0.0710. The van der Waals surface area contributed by atoms with Gasteiger partial charge < -0.3 is 9.47 Å². The average Bonchev–Trinajstić information content (AvgIpc) is 2.34. The van der Waals surface area contributed by atoms with Crippen LogP contribution in [0.3, 0.4) is 0 Å². The summed E-state index contributed by atoms with van der Waals surface area (Å²) in [6.07, 6.45) is 1.32. The number of carbonyl (C=O) groups excluding carboxylic acids is 1. The molecular weight excluding hydrogens is 216 g/mol. The fourth-order valence-corrected chi connectivity index (χ4v) is 1.53. The molecule has 0 amide bonds. The monoisotopic (exact) mass is 236 g/mol. The van der Waals surface area contributed by atoms with E-state index in [0.717, 1.165) is 12.0 Å². The van der Waals surface area contributed by atoms with Crippen molar-refractivity contribution in [3.05, 3.63) is 29.3 Å². The molecule has 0 saturated carbocycles. The van der Waals surface area contributed by atoms with Crippen LogP contribution in [0, 0.1) is 6.92 Å². The lowest BCUT2D eigenvalue weighted by molar-refractivity contribution is 0.0928. The molecule has 0 bridgehead atoms. The molecule has 0 unspecified atom stereocenters. The third-order valence-corrected chi connectivity index (χ3v) is 2.43. The smallest absolute Gasteiger partial charge is 0.168 e. The second-order valence-corrected chi connectivity index (χ2v) is 4.01.